The Bertz CT molecular complexity index is 804. The molecule has 1 heterocycles. The summed E-state index contributed by atoms with van der Waals surface area (Å²) in [5.74, 6) is 1.82. The second-order valence-electron chi connectivity index (χ2n) is 8.88. The van der Waals surface area contributed by atoms with Gasteiger partial charge in [0.15, 0.2) is 5.72 Å². The number of ether oxygens (including phenoxy) is 2. The average molecular weight is 384 g/mol. The molecule has 4 fully saturated rings. The maximum Gasteiger partial charge on any atom is 0.258 e. The van der Waals surface area contributed by atoms with E-state index < -0.39 is 5.72 Å². The minimum absolute atomic E-state index is 0.0391. The van der Waals surface area contributed by atoms with Gasteiger partial charge >= 0.3 is 0 Å². The van der Waals surface area contributed by atoms with Crippen LogP contribution in [0.2, 0.25) is 0 Å². The van der Waals surface area contributed by atoms with Gasteiger partial charge in [0.05, 0.1) is 12.7 Å². The summed E-state index contributed by atoms with van der Waals surface area (Å²) in [4.78, 5) is 25.7. The summed E-state index contributed by atoms with van der Waals surface area (Å²) >= 11 is 0. The van der Waals surface area contributed by atoms with Gasteiger partial charge in [-0.05, 0) is 50.2 Å². The molecule has 1 aromatic carbocycles. The van der Waals surface area contributed by atoms with Gasteiger partial charge in [-0.15, -0.1) is 0 Å². The molecule has 6 nitrogen and oxygen atoms in total. The fraction of sp³-hybridized carbons (Fsp3) is 0.636. The third-order valence-corrected chi connectivity index (χ3v) is 7.31. The second kappa shape index (κ2) is 6.68. The van der Waals surface area contributed by atoms with Crippen molar-refractivity contribution in [3.63, 3.8) is 0 Å². The lowest BCUT2D eigenvalue weighted by Gasteiger charge is -2.55. The van der Waals surface area contributed by atoms with Crippen molar-refractivity contribution in [2.45, 2.75) is 63.1 Å². The highest BCUT2D eigenvalue weighted by molar-refractivity contribution is 5.98. The van der Waals surface area contributed by atoms with E-state index in [1.807, 2.05) is 0 Å². The first-order chi connectivity index (χ1) is 13.6. The molecule has 4 aliphatic carbocycles. The lowest BCUT2D eigenvalue weighted by Crippen LogP contribution is -2.67. The first-order valence-electron chi connectivity index (χ1n) is 10.6. The highest BCUT2D eigenvalue weighted by Crippen LogP contribution is 2.52. The van der Waals surface area contributed by atoms with E-state index in [9.17, 15) is 9.59 Å². The highest BCUT2D eigenvalue weighted by Gasteiger charge is 2.57. The van der Waals surface area contributed by atoms with Crippen LogP contribution in [-0.4, -0.2) is 30.7 Å². The van der Waals surface area contributed by atoms with E-state index in [4.69, 9.17) is 9.47 Å². The number of carbonyl (C=O) groups is 2. The number of fused-ring (bicyclic) bond motifs is 3. The number of hydrogen-bond donors (Lipinski definition) is 2. The predicted molar refractivity (Wildman–Crippen MR) is 103 cm³/mol. The summed E-state index contributed by atoms with van der Waals surface area (Å²) in [5, 5.41) is 6.44. The second-order valence-corrected chi connectivity index (χ2v) is 8.88. The van der Waals surface area contributed by atoms with Gasteiger partial charge < -0.3 is 20.1 Å². The van der Waals surface area contributed by atoms with Gasteiger partial charge in [0.2, 0.25) is 5.91 Å². The molecule has 5 aliphatic rings. The Kier molecular flexibility index (Phi) is 4.25. The zero-order chi connectivity index (χ0) is 19.3. The molecule has 1 aromatic rings. The van der Waals surface area contributed by atoms with Crippen LogP contribution in [-0.2, 0) is 4.79 Å². The smallest absolute Gasteiger partial charge is 0.258 e. The van der Waals surface area contributed by atoms with Crippen molar-refractivity contribution < 1.29 is 19.1 Å². The number of methoxy groups -OCH3 is 1. The van der Waals surface area contributed by atoms with Crippen LogP contribution in [0, 0.1) is 17.8 Å². The van der Waals surface area contributed by atoms with E-state index in [0.717, 1.165) is 32.1 Å². The molecule has 6 heteroatoms. The van der Waals surface area contributed by atoms with E-state index in [2.05, 4.69) is 10.6 Å². The Morgan fingerprint density at radius 2 is 2.07 bits per heavy atom. The summed E-state index contributed by atoms with van der Waals surface area (Å²) in [5.41, 5.74) is -0.146. The quantitative estimate of drug-likeness (QED) is 0.840. The van der Waals surface area contributed by atoms with Crippen molar-refractivity contribution in [3.8, 4) is 11.5 Å². The first kappa shape index (κ1) is 17.8. The molecular formula is C22H28N2O4. The number of nitrogens with one attached hydrogen (secondary N) is 2. The first-order valence-corrected chi connectivity index (χ1v) is 10.6. The molecule has 4 atom stereocenters. The standard InChI is InChI=1S/C22H28N2O4/c1-27-16-8-9-17-19(11-16)28-22(24-21(17)26)12-13-6-7-14(22)10-18(13)20(25)23-15-4-2-3-5-15/h8-9,11,13-15,18H,2-7,10,12H2,1H3,(H,23,25)(H,24,26)/t13-,14-,18+,22+/m1/s1. The number of rotatable bonds is 3. The van der Waals surface area contributed by atoms with Crippen LogP contribution in [0.15, 0.2) is 18.2 Å². The van der Waals surface area contributed by atoms with E-state index in [1.165, 1.54) is 12.8 Å². The molecule has 1 aliphatic heterocycles. The molecule has 6 rings (SSSR count). The van der Waals surface area contributed by atoms with Gasteiger partial charge in [-0.1, -0.05) is 12.8 Å². The minimum Gasteiger partial charge on any atom is -0.497 e. The molecule has 0 aromatic heterocycles. The highest BCUT2D eigenvalue weighted by atomic mass is 16.5. The largest absolute Gasteiger partial charge is 0.497 e. The van der Waals surface area contributed by atoms with Gasteiger partial charge in [0.25, 0.3) is 5.91 Å². The van der Waals surface area contributed by atoms with Gasteiger partial charge in [0.1, 0.15) is 11.5 Å². The van der Waals surface area contributed by atoms with Gasteiger partial charge in [0, 0.05) is 30.4 Å². The number of benzene rings is 1. The summed E-state index contributed by atoms with van der Waals surface area (Å²) in [7, 11) is 1.61. The monoisotopic (exact) mass is 384 g/mol. The molecule has 0 radical (unpaired) electrons. The number of carbonyl (C=O) groups excluding carboxylic acids is 2. The summed E-state index contributed by atoms with van der Waals surface area (Å²) < 4.78 is 11.7. The average Bonchev–Trinajstić information content (AvgIpc) is 3.20. The van der Waals surface area contributed by atoms with E-state index in [0.29, 0.717) is 29.5 Å². The van der Waals surface area contributed by atoms with Gasteiger partial charge in [-0.25, -0.2) is 0 Å². The molecule has 2 N–H and O–H groups in total. The van der Waals surface area contributed by atoms with Crippen LogP contribution in [0.4, 0.5) is 0 Å². The van der Waals surface area contributed by atoms with Crippen molar-refractivity contribution in [2.75, 3.05) is 7.11 Å². The van der Waals surface area contributed by atoms with Crippen LogP contribution in [0.3, 0.4) is 0 Å². The molecule has 4 saturated carbocycles. The summed E-state index contributed by atoms with van der Waals surface area (Å²) in [6.07, 6.45) is 8.13. The van der Waals surface area contributed by atoms with Crippen molar-refractivity contribution >= 4 is 11.8 Å². The SMILES string of the molecule is COc1ccc2c(c1)O[C@]1(C[C@H]3CC[C@@H]1C[C@@H]3C(=O)NC1CCCC1)NC2=O. The Hall–Kier alpha value is -2.24. The fourth-order valence-corrected chi connectivity index (χ4v) is 5.82. The molecule has 28 heavy (non-hydrogen) atoms. The molecule has 150 valence electrons. The Morgan fingerprint density at radius 3 is 2.79 bits per heavy atom. The maximum atomic E-state index is 12.9. The Labute approximate surface area is 165 Å². The summed E-state index contributed by atoms with van der Waals surface area (Å²) in [6.45, 7) is 0. The molecule has 2 bridgehead atoms. The lowest BCUT2D eigenvalue weighted by atomic mass is 9.60. The van der Waals surface area contributed by atoms with Crippen LogP contribution < -0.4 is 20.1 Å². The van der Waals surface area contributed by atoms with Crippen molar-refractivity contribution in [3.05, 3.63) is 23.8 Å². The molecule has 2 amide bonds. The third kappa shape index (κ3) is 2.85. The molecule has 0 unspecified atom stereocenters. The van der Waals surface area contributed by atoms with Crippen LogP contribution in [0.25, 0.3) is 0 Å². The van der Waals surface area contributed by atoms with Gasteiger partial charge in [-0.2, -0.15) is 0 Å². The van der Waals surface area contributed by atoms with Crippen molar-refractivity contribution in [1.82, 2.24) is 10.6 Å². The molecule has 0 saturated heterocycles. The van der Waals surface area contributed by atoms with Crippen LogP contribution in [0.5, 0.6) is 11.5 Å². The topological polar surface area (TPSA) is 76.7 Å². The normalized spacial score (nSPS) is 33.9. The van der Waals surface area contributed by atoms with E-state index in [1.54, 1.807) is 25.3 Å². The van der Waals surface area contributed by atoms with Crippen LogP contribution >= 0.6 is 0 Å². The minimum atomic E-state index is -0.691. The number of hydrogen-bond acceptors (Lipinski definition) is 4. The Balaban J connectivity index is 1.35. The molecule has 1 spiro atoms. The van der Waals surface area contributed by atoms with Crippen molar-refractivity contribution in [2.24, 2.45) is 17.8 Å². The third-order valence-electron chi connectivity index (χ3n) is 7.31. The Morgan fingerprint density at radius 1 is 1.25 bits per heavy atom. The number of amides is 2. The van der Waals surface area contributed by atoms with Crippen molar-refractivity contribution in [1.29, 1.82) is 0 Å². The zero-order valence-corrected chi connectivity index (χ0v) is 16.3. The van der Waals surface area contributed by atoms with E-state index in [-0.39, 0.29) is 29.6 Å². The summed E-state index contributed by atoms with van der Waals surface area (Å²) in [6, 6.07) is 5.67. The predicted octanol–water partition coefficient (Wildman–Crippen LogP) is 3.01. The van der Waals surface area contributed by atoms with Crippen LogP contribution in [0.1, 0.15) is 61.7 Å². The lowest BCUT2D eigenvalue weighted by molar-refractivity contribution is -0.147. The fourth-order valence-electron chi connectivity index (χ4n) is 5.82. The molecular weight excluding hydrogens is 356 g/mol. The maximum absolute atomic E-state index is 12.9. The zero-order valence-electron chi connectivity index (χ0n) is 16.3. The van der Waals surface area contributed by atoms with E-state index >= 15 is 0 Å². The van der Waals surface area contributed by atoms with Gasteiger partial charge in [-0.3, -0.25) is 9.59 Å².